The van der Waals surface area contributed by atoms with Gasteiger partial charge in [0.2, 0.25) is 0 Å². The predicted octanol–water partition coefficient (Wildman–Crippen LogP) is 3.79. The highest BCUT2D eigenvalue weighted by Crippen LogP contribution is 2.31. The molecule has 0 spiro atoms. The van der Waals surface area contributed by atoms with E-state index in [9.17, 15) is 4.79 Å². The summed E-state index contributed by atoms with van der Waals surface area (Å²) in [4.78, 5) is 16.1. The number of anilines is 1. The summed E-state index contributed by atoms with van der Waals surface area (Å²) in [5.41, 5.74) is 10.8. The van der Waals surface area contributed by atoms with Crippen molar-refractivity contribution in [3.8, 4) is 11.5 Å². The van der Waals surface area contributed by atoms with Crippen molar-refractivity contribution in [2.75, 3.05) is 19.0 Å². The quantitative estimate of drug-likeness (QED) is 0.496. The van der Waals surface area contributed by atoms with Gasteiger partial charge in [-0.15, -0.1) is 0 Å². The van der Waals surface area contributed by atoms with Gasteiger partial charge in [-0.25, -0.2) is 0 Å². The molecule has 1 fully saturated rings. The summed E-state index contributed by atoms with van der Waals surface area (Å²) >= 11 is 0. The van der Waals surface area contributed by atoms with Crippen LogP contribution in [-0.4, -0.2) is 36.7 Å². The van der Waals surface area contributed by atoms with Crippen molar-refractivity contribution in [3.05, 3.63) is 59.8 Å². The lowest BCUT2D eigenvalue weighted by Gasteiger charge is -2.33. The first kappa shape index (κ1) is 22.6. The van der Waals surface area contributed by atoms with Gasteiger partial charge >= 0.3 is 0 Å². The Kier molecular flexibility index (Phi) is 6.65. The van der Waals surface area contributed by atoms with Crippen LogP contribution in [-0.2, 0) is 17.8 Å². The number of aromatic nitrogens is 1. The molecule has 4 N–H and O–H groups in total. The molecule has 2 aliphatic rings. The van der Waals surface area contributed by atoms with Gasteiger partial charge in [0.05, 0.1) is 18.3 Å². The Bertz CT molecular complexity index is 1170. The fourth-order valence-electron chi connectivity index (χ4n) is 5.16. The summed E-state index contributed by atoms with van der Waals surface area (Å²) in [6.45, 7) is 0.858. The van der Waals surface area contributed by atoms with E-state index in [0.717, 1.165) is 72.3 Å². The molecule has 1 aliphatic carbocycles. The van der Waals surface area contributed by atoms with Gasteiger partial charge in [0.15, 0.2) is 6.61 Å². The van der Waals surface area contributed by atoms with E-state index in [1.165, 1.54) is 5.56 Å². The second-order valence-electron chi connectivity index (χ2n) is 9.38. The maximum absolute atomic E-state index is 11.6. The van der Waals surface area contributed by atoms with Crippen molar-refractivity contribution in [3.63, 3.8) is 0 Å². The molecular weight excluding hydrogens is 428 g/mol. The number of nitrogens with one attached hydrogen (secondary N) is 2. The van der Waals surface area contributed by atoms with E-state index in [1.54, 1.807) is 7.11 Å². The van der Waals surface area contributed by atoms with Crippen molar-refractivity contribution < 1.29 is 14.3 Å². The number of hydrogen-bond acceptors (Lipinski definition) is 6. The van der Waals surface area contributed by atoms with Crippen molar-refractivity contribution in [2.24, 2.45) is 11.7 Å². The van der Waals surface area contributed by atoms with Gasteiger partial charge in [0.25, 0.3) is 5.91 Å². The van der Waals surface area contributed by atoms with Gasteiger partial charge in [-0.1, -0.05) is 6.07 Å². The number of pyridine rings is 1. The Morgan fingerprint density at radius 2 is 2.03 bits per heavy atom. The first-order valence-electron chi connectivity index (χ1n) is 12.0. The van der Waals surface area contributed by atoms with Gasteiger partial charge in [0, 0.05) is 30.2 Å². The number of nitrogens with two attached hydrogens (primary N) is 1. The first-order chi connectivity index (χ1) is 16.6. The zero-order valence-electron chi connectivity index (χ0n) is 19.5. The van der Waals surface area contributed by atoms with Crippen LogP contribution in [0.25, 0.3) is 10.9 Å². The summed E-state index contributed by atoms with van der Waals surface area (Å²) in [6.07, 6.45) is 7.20. The van der Waals surface area contributed by atoms with Crippen molar-refractivity contribution in [2.45, 2.75) is 50.7 Å². The molecule has 1 unspecified atom stereocenters. The highest BCUT2D eigenvalue weighted by atomic mass is 16.5. The number of carbonyl (C=O) groups excluding carboxylic acids is 1. The van der Waals surface area contributed by atoms with Crippen LogP contribution in [0.15, 0.2) is 48.7 Å². The minimum atomic E-state index is -0.105. The third-order valence-electron chi connectivity index (χ3n) is 7.14. The molecular formula is C27H32N4O3. The molecule has 7 nitrogen and oxygen atoms in total. The molecule has 2 aromatic carbocycles. The number of ether oxygens (including phenoxy) is 2. The van der Waals surface area contributed by atoms with Crippen LogP contribution in [0, 0.1) is 5.92 Å². The van der Waals surface area contributed by atoms with E-state index in [0.29, 0.717) is 12.0 Å². The number of carbonyl (C=O) groups is 1. The van der Waals surface area contributed by atoms with E-state index >= 15 is 0 Å². The molecule has 0 bridgehead atoms. The van der Waals surface area contributed by atoms with E-state index in [4.69, 9.17) is 15.2 Å². The SMILES string of the molecule is COc1ccc2nccc(CC(N)[C@H]3CC[C@H](NCc4ccc5c(c4)NC(=O)CO5)CC3)c2c1. The summed E-state index contributed by atoms with van der Waals surface area (Å²) in [6, 6.07) is 14.7. The molecule has 2 heterocycles. The van der Waals surface area contributed by atoms with Crippen molar-refractivity contribution in [1.82, 2.24) is 10.3 Å². The maximum atomic E-state index is 11.6. The second-order valence-corrected chi connectivity index (χ2v) is 9.38. The fraction of sp³-hybridized carbons (Fsp3) is 0.407. The zero-order valence-corrected chi connectivity index (χ0v) is 19.5. The van der Waals surface area contributed by atoms with Crippen LogP contribution in [0.1, 0.15) is 36.8 Å². The molecule has 0 saturated heterocycles. The molecule has 178 valence electrons. The topological polar surface area (TPSA) is 98.5 Å². The molecule has 1 aromatic heterocycles. The van der Waals surface area contributed by atoms with E-state index < -0.39 is 0 Å². The van der Waals surface area contributed by atoms with Crippen LogP contribution >= 0.6 is 0 Å². The maximum Gasteiger partial charge on any atom is 0.262 e. The number of fused-ring (bicyclic) bond motifs is 2. The number of methoxy groups -OCH3 is 1. The minimum absolute atomic E-state index is 0.0849. The van der Waals surface area contributed by atoms with Crippen LogP contribution < -0.4 is 25.8 Å². The molecule has 3 aromatic rings. The first-order valence-corrected chi connectivity index (χ1v) is 12.0. The van der Waals surface area contributed by atoms with E-state index in [1.807, 2.05) is 30.5 Å². The predicted molar refractivity (Wildman–Crippen MR) is 133 cm³/mol. The fourth-order valence-corrected chi connectivity index (χ4v) is 5.16. The number of benzene rings is 2. The van der Waals surface area contributed by atoms with Gasteiger partial charge in [-0.05, 0) is 85.5 Å². The lowest BCUT2D eigenvalue weighted by atomic mass is 9.79. The highest BCUT2D eigenvalue weighted by Gasteiger charge is 2.26. The van der Waals surface area contributed by atoms with Crippen LogP contribution in [0.5, 0.6) is 11.5 Å². The zero-order chi connectivity index (χ0) is 23.5. The molecule has 0 radical (unpaired) electrons. The molecule has 7 heteroatoms. The van der Waals surface area contributed by atoms with Crippen molar-refractivity contribution >= 4 is 22.5 Å². The highest BCUT2D eigenvalue weighted by molar-refractivity contribution is 5.95. The number of nitrogens with zero attached hydrogens (tertiary/aromatic N) is 1. The molecule has 1 aliphatic heterocycles. The monoisotopic (exact) mass is 460 g/mol. The summed E-state index contributed by atoms with van der Waals surface area (Å²) in [7, 11) is 1.69. The van der Waals surface area contributed by atoms with Crippen LogP contribution in [0.3, 0.4) is 0 Å². The lowest BCUT2D eigenvalue weighted by molar-refractivity contribution is -0.118. The van der Waals surface area contributed by atoms with Gasteiger partial charge in [-0.2, -0.15) is 0 Å². The number of hydrogen-bond donors (Lipinski definition) is 3. The van der Waals surface area contributed by atoms with Gasteiger partial charge in [-0.3, -0.25) is 9.78 Å². The molecule has 1 amide bonds. The molecule has 1 saturated carbocycles. The minimum Gasteiger partial charge on any atom is -0.497 e. The van der Waals surface area contributed by atoms with Gasteiger partial charge in [0.1, 0.15) is 11.5 Å². The largest absolute Gasteiger partial charge is 0.497 e. The van der Waals surface area contributed by atoms with Crippen LogP contribution in [0.4, 0.5) is 5.69 Å². The van der Waals surface area contributed by atoms with Crippen molar-refractivity contribution in [1.29, 1.82) is 0 Å². The number of amides is 1. The third kappa shape index (κ3) is 5.00. The number of rotatable bonds is 7. The molecule has 34 heavy (non-hydrogen) atoms. The molecule has 5 rings (SSSR count). The van der Waals surface area contributed by atoms with Gasteiger partial charge < -0.3 is 25.8 Å². The summed E-state index contributed by atoms with van der Waals surface area (Å²) < 4.78 is 10.8. The summed E-state index contributed by atoms with van der Waals surface area (Å²) in [5.74, 6) is 1.99. The Morgan fingerprint density at radius 1 is 1.18 bits per heavy atom. The Balaban J connectivity index is 1.14. The Hall–Kier alpha value is -3.16. The average Bonchev–Trinajstić information content (AvgIpc) is 2.87. The lowest BCUT2D eigenvalue weighted by Crippen LogP contribution is -2.39. The smallest absolute Gasteiger partial charge is 0.262 e. The van der Waals surface area contributed by atoms with Crippen LogP contribution in [0.2, 0.25) is 0 Å². The Morgan fingerprint density at radius 3 is 2.85 bits per heavy atom. The Labute approximate surface area is 200 Å². The summed E-state index contributed by atoms with van der Waals surface area (Å²) in [5, 5.41) is 7.69. The van der Waals surface area contributed by atoms with E-state index in [-0.39, 0.29) is 18.6 Å². The average molecular weight is 461 g/mol. The second kappa shape index (κ2) is 9.99. The normalized spacial score (nSPS) is 20.8. The molecule has 1 atom stereocenters. The third-order valence-corrected chi connectivity index (χ3v) is 7.14. The standard InChI is InChI=1S/C27H32N4O3/c1-33-21-7-8-24-22(14-21)19(10-11-29-24)13-23(28)18-3-5-20(6-4-18)30-15-17-2-9-26-25(12-17)31-27(32)16-34-26/h2,7-12,14,18,20,23,30H,3-6,13,15-16,28H2,1H3,(H,31,32)/t18-,20-,23?. The van der Waals surface area contributed by atoms with E-state index in [2.05, 4.69) is 33.8 Å².